The number of hydrogen-bond donors (Lipinski definition) is 1. The smallest absolute Gasteiger partial charge is 0.350 e. The zero-order valence-electron chi connectivity index (χ0n) is 11.3. The molecule has 1 amide bonds. The van der Waals surface area contributed by atoms with E-state index in [0.717, 1.165) is 12.0 Å². The number of amides is 1. The SMILES string of the molecule is CCc1ccccc1C(=O)Nc1ccsc1C(=O)OC. The molecule has 2 aromatic rings. The van der Waals surface area contributed by atoms with E-state index in [1.807, 2.05) is 25.1 Å². The molecule has 2 rings (SSSR count). The maximum absolute atomic E-state index is 12.3. The third-order valence-electron chi connectivity index (χ3n) is 2.93. The molecule has 1 aromatic carbocycles. The molecule has 4 nitrogen and oxygen atoms in total. The minimum atomic E-state index is -0.445. The molecule has 0 radical (unpaired) electrons. The van der Waals surface area contributed by atoms with Crippen LogP contribution in [0.3, 0.4) is 0 Å². The fourth-order valence-corrected chi connectivity index (χ4v) is 2.66. The highest BCUT2D eigenvalue weighted by molar-refractivity contribution is 7.12. The molecule has 1 N–H and O–H groups in total. The number of carbonyl (C=O) groups excluding carboxylic acids is 2. The van der Waals surface area contributed by atoms with Gasteiger partial charge in [-0.15, -0.1) is 11.3 Å². The van der Waals surface area contributed by atoms with Crippen LogP contribution >= 0.6 is 11.3 Å². The van der Waals surface area contributed by atoms with E-state index in [0.29, 0.717) is 16.1 Å². The molecule has 0 atom stereocenters. The van der Waals surface area contributed by atoms with Crippen LogP contribution in [-0.4, -0.2) is 19.0 Å². The number of thiophene rings is 1. The molecule has 1 heterocycles. The third kappa shape index (κ3) is 2.88. The van der Waals surface area contributed by atoms with E-state index in [1.54, 1.807) is 17.5 Å². The minimum Gasteiger partial charge on any atom is -0.465 e. The van der Waals surface area contributed by atoms with Crippen molar-refractivity contribution >= 4 is 28.9 Å². The molecule has 0 spiro atoms. The number of methoxy groups -OCH3 is 1. The molecular weight excluding hydrogens is 274 g/mol. The first kappa shape index (κ1) is 14.3. The standard InChI is InChI=1S/C15H15NO3S/c1-3-10-6-4-5-7-11(10)14(17)16-12-8-9-20-13(12)15(18)19-2/h4-9H,3H2,1-2H3,(H,16,17). The Hall–Kier alpha value is -2.14. The summed E-state index contributed by atoms with van der Waals surface area (Å²) >= 11 is 1.24. The zero-order valence-corrected chi connectivity index (χ0v) is 12.1. The summed E-state index contributed by atoms with van der Waals surface area (Å²) in [5.41, 5.74) is 2.08. The Labute approximate surface area is 121 Å². The lowest BCUT2D eigenvalue weighted by Crippen LogP contribution is -2.15. The van der Waals surface area contributed by atoms with Crippen molar-refractivity contribution in [3.63, 3.8) is 0 Å². The van der Waals surface area contributed by atoms with Crippen LogP contribution in [0.2, 0.25) is 0 Å². The second-order valence-electron chi connectivity index (χ2n) is 4.12. The maximum Gasteiger partial charge on any atom is 0.350 e. The van der Waals surface area contributed by atoms with Gasteiger partial charge in [-0.1, -0.05) is 25.1 Å². The van der Waals surface area contributed by atoms with Crippen LogP contribution in [0.5, 0.6) is 0 Å². The van der Waals surface area contributed by atoms with Gasteiger partial charge in [-0.2, -0.15) is 0 Å². The van der Waals surface area contributed by atoms with Crippen LogP contribution in [0.25, 0.3) is 0 Å². The van der Waals surface area contributed by atoms with E-state index >= 15 is 0 Å². The molecule has 0 saturated heterocycles. The molecule has 104 valence electrons. The van der Waals surface area contributed by atoms with Gasteiger partial charge in [-0.05, 0) is 29.5 Å². The van der Waals surface area contributed by atoms with Crippen molar-refractivity contribution in [3.8, 4) is 0 Å². The Morgan fingerprint density at radius 1 is 1.25 bits per heavy atom. The molecule has 0 unspecified atom stereocenters. The maximum atomic E-state index is 12.3. The summed E-state index contributed by atoms with van der Waals surface area (Å²) in [5.74, 6) is -0.662. The Balaban J connectivity index is 2.24. The van der Waals surface area contributed by atoms with Crippen molar-refractivity contribution in [2.24, 2.45) is 0 Å². The number of benzene rings is 1. The van der Waals surface area contributed by atoms with Crippen molar-refractivity contribution in [1.29, 1.82) is 0 Å². The monoisotopic (exact) mass is 289 g/mol. The fraction of sp³-hybridized carbons (Fsp3) is 0.200. The van der Waals surface area contributed by atoms with Gasteiger partial charge in [-0.3, -0.25) is 4.79 Å². The number of ether oxygens (including phenoxy) is 1. The molecule has 0 fully saturated rings. The molecule has 0 aliphatic carbocycles. The van der Waals surface area contributed by atoms with Gasteiger partial charge < -0.3 is 10.1 Å². The van der Waals surface area contributed by atoms with Crippen molar-refractivity contribution in [2.75, 3.05) is 12.4 Å². The Morgan fingerprint density at radius 3 is 2.70 bits per heavy atom. The van der Waals surface area contributed by atoms with E-state index in [4.69, 9.17) is 0 Å². The second kappa shape index (κ2) is 6.34. The Bertz CT molecular complexity index is 634. The largest absolute Gasteiger partial charge is 0.465 e. The first-order valence-corrected chi connectivity index (χ1v) is 7.10. The summed E-state index contributed by atoms with van der Waals surface area (Å²) in [7, 11) is 1.32. The molecule has 0 saturated carbocycles. The third-order valence-corrected chi connectivity index (χ3v) is 3.82. The molecule has 1 aromatic heterocycles. The van der Waals surface area contributed by atoms with Gasteiger partial charge in [0.15, 0.2) is 0 Å². The summed E-state index contributed by atoms with van der Waals surface area (Å²) in [6, 6.07) is 9.12. The average molecular weight is 289 g/mol. The Morgan fingerprint density at radius 2 is 2.00 bits per heavy atom. The van der Waals surface area contributed by atoms with Crippen LogP contribution in [0.15, 0.2) is 35.7 Å². The summed E-state index contributed by atoms with van der Waals surface area (Å²) in [4.78, 5) is 24.3. The molecule has 0 aliphatic rings. The second-order valence-corrected chi connectivity index (χ2v) is 5.04. The molecule has 0 aliphatic heterocycles. The van der Waals surface area contributed by atoms with Gasteiger partial charge in [0.2, 0.25) is 0 Å². The van der Waals surface area contributed by atoms with Crippen molar-refractivity contribution in [3.05, 3.63) is 51.7 Å². The van der Waals surface area contributed by atoms with Crippen molar-refractivity contribution < 1.29 is 14.3 Å². The normalized spacial score (nSPS) is 10.1. The van der Waals surface area contributed by atoms with Gasteiger partial charge >= 0.3 is 5.97 Å². The van der Waals surface area contributed by atoms with Crippen LogP contribution < -0.4 is 5.32 Å². The highest BCUT2D eigenvalue weighted by atomic mass is 32.1. The number of hydrogen-bond acceptors (Lipinski definition) is 4. The fourth-order valence-electron chi connectivity index (χ4n) is 1.90. The van der Waals surface area contributed by atoms with Crippen LogP contribution in [0, 0.1) is 0 Å². The summed E-state index contributed by atoms with van der Waals surface area (Å²) in [6.07, 6.45) is 0.775. The molecule has 5 heteroatoms. The van der Waals surface area contributed by atoms with Crippen LogP contribution in [-0.2, 0) is 11.2 Å². The van der Waals surface area contributed by atoms with Crippen LogP contribution in [0.4, 0.5) is 5.69 Å². The first-order valence-electron chi connectivity index (χ1n) is 6.22. The highest BCUT2D eigenvalue weighted by Gasteiger charge is 2.17. The van der Waals surface area contributed by atoms with Gasteiger partial charge in [0.1, 0.15) is 4.88 Å². The van der Waals surface area contributed by atoms with Gasteiger partial charge in [-0.25, -0.2) is 4.79 Å². The van der Waals surface area contributed by atoms with Crippen molar-refractivity contribution in [1.82, 2.24) is 0 Å². The Kier molecular flexibility index (Phi) is 4.53. The van der Waals surface area contributed by atoms with E-state index in [2.05, 4.69) is 10.1 Å². The number of aryl methyl sites for hydroxylation is 1. The van der Waals surface area contributed by atoms with E-state index in [9.17, 15) is 9.59 Å². The average Bonchev–Trinajstić information content (AvgIpc) is 2.94. The quantitative estimate of drug-likeness (QED) is 0.878. The number of nitrogens with one attached hydrogen (secondary N) is 1. The molecular formula is C15H15NO3S. The van der Waals surface area contributed by atoms with Gasteiger partial charge in [0.05, 0.1) is 12.8 Å². The van der Waals surface area contributed by atoms with Crippen molar-refractivity contribution in [2.45, 2.75) is 13.3 Å². The van der Waals surface area contributed by atoms with Gasteiger partial charge in [0, 0.05) is 5.56 Å². The topological polar surface area (TPSA) is 55.4 Å². The number of esters is 1. The van der Waals surface area contributed by atoms with E-state index in [1.165, 1.54) is 18.4 Å². The minimum absolute atomic E-state index is 0.217. The summed E-state index contributed by atoms with van der Waals surface area (Å²) < 4.78 is 4.69. The van der Waals surface area contributed by atoms with E-state index in [-0.39, 0.29) is 5.91 Å². The molecule has 20 heavy (non-hydrogen) atoms. The highest BCUT2D eigenvalue weighted by Crippen LogP contribution is 2.24. The summed E-state index contributed by atoms with van der Waals surface area (Å²) in [5, 5.41) is 4.51. The summed E-state index contributed by atoms with van der Waals surface area (Å²) in [6.45, 7) is 2.00. The number of carbonyl (C=O) groups is 2. The van der Waals surface area contributed by atoms with Gasteiger partial charge in [0.25, 0.3) is 5.91 Å². The number of anilines is 1. The first-order chi connectivity index (χ1) is 9.67. The lowest BCUT2D eigenvalue weighted by atomic mass is 10.0. The predicted octanol–water partition coefficient (Wildman–Crippen LogP) is 3.35. The zero-order chi connectivity index (χ0) is 14.5. The lowest BCUT2D eigenvalue weighted by molar-refractivity contribution is 0.0607. The molecule has 0 bridgehead atoms. The lowest BCUT2D eigenvalue weighted by Gasteiger charge is -2.08. The van der Waals surface area contributed by atoms with E-state index < -0.39 is 5.97 Å². The predicted molar refractivity (Wildman–Crippen MR) is 79.4 cm³/mol. The van der Waals surface area contributed by atoms with Crippen LogP contribution in [0.1, 0.15) is 32.5 Å². The number of rotatable bonds is 4.